The number of hydrogen-bond acceptors (Lipinski definition) is 3. The first-order valence-electron chi connectivity index (χ1n) is 6.98. The van der Waals surface area contributed by atoms with Crippen molar-refractivity contribution in [2.24, 2.45) is 0 Å². The average molecular weight is 273 g/mol. The SMILES string of the molecule is COCC(=O)N1CCCC(c2cc3cccnc3[nH]2)C1. The van der Waals surface area contributed by atoms with Crippen molar-refractivity contribution in [2.75, 3.05) is 26.8 Å². The van der Waals surface area contributed by atoms with Crippen LogP contribution in [0.2, 0.25) is 0 Å². The Kier molecular flexibility index (Phi) is 3.69. The van der Waals surface area contributed by atoms with Gasteiger partial charge in [0.1, 0.15) is 12.3 Å². The van der Waals surface area contributed by atoms with E-state index in [2.05, 4.69) is 22.1 Å². The molecular formula is C15H19N3O2. The highest BCUT2D eigenvalue weighted by molar-refractivity contribution is 5.78. The second-order valence-electron chi connectivity index (χ2n) is 5.28. The minimum absolute atomic E-state index is 0.0754. The molecule has 1 aliphatic heterocycles. The fourth-order valence-electron chi connectivity index (χ4n) is 2.87. The molecule has 0 saturated carbocycles. The molecule has 0 aliphatic carbocycles. The standard InChI is InChI=1S/C15H19N3O2/c1-20-10-14(19)18-7-3-5-12(9-18)13-8-11-4-2-6-16-15(11)17-13/h2,4,6,8,12H,3,5,7,9-10H2,1H3,(H,16,17). The van der Waals surface area contributed by atoms with Crippen molar-refractivity contribution in [1.82, 2.24) is 14.9 Å². The minimum atomic E-state index is 0.0754. The predicted octanol–water partition coefficient (Wildman–Crippen LogP) is 1.92. The molecule has 1 saturated heterocycles. The van der Waals surface area contributed by atoms with Gasteiger partial charge in [0, 0.05) is 43.4 Å². The summed E-state index contributed by atoms with van der Waals surface area (Å²) >= 11 is 0. The van der Waals surface area contributed by atoms with Crippen LogP contribution in [0.1, 0.15) is 24.5 Å². The Labute approximate surface area is 117 Å². The van der Waals surface area contributed by atoms with Gasteiger partial charge in [-0.1, -0.05) is 0 Å². The number of carbonyl (C=O) groups excluding carboxylic acids is 1. The molecule has 3 rings (SSSR count). The highest BCUT2D eigenvalue weighted by Gasteiger charge is 2.25. The lowest BCUT2D eigenvalue weighted by molar-refractivity contribution is -0.136. The van der Waals surface area contributed by atoms with Gasteiger partial charge in [-0.3, -0.25) is 4.79 Å². The van der Waals surface area contributed by atoms with E-state index in [-0.39, 0.29) is 12.5 Å². The van der Waals surface area contributed by atoms with E-state index in [4.69, 9.17) is 4.74 Å². The zero-order valence-electron chi connectivity index (χ0n) is 11.6. The Bertz CT molecular complexity index is 575. The number of H-pyrrole nitrogens is 1. The zero-order chi connectivity index (χ0) is 13.9. The summed E-state index contributed by atoms with van der Waals surface area (Å²) in [7, 11) is 1.56. The lowest BCUT2D eigenvalue weighted by Crippen LogP contribution is -2.40. The summed E-state index contributed by atoms with van der Waals surface area (Å²) in [6.45, 7) is 1.76. The van der Waals surface area contributed by atoms with Crippen molar-refractivity contribution in [3.63, 3.8) is 0 Å². The molecule has 5 nitrogen and oxygen atoms in total. The molecule has 20 heavy (non-hydrogen) atoms. The molecule has 1 aliphatic rings. The van der Waals surface area contributed by atoms with Gasteiger partial charge in [-0.2, -0.15) is 0 Å². The maximum absolute atomic E-state index is 11.9. The largest absolute Gasteiger partial charge is 0.375 e. The number of amides is 1. The van der Waals surface area contributed by atoms with E-state index in [1.54, 1.807) is 13.3 Å². The van der Waals surface area contributed by atoms with E-state index in [9.17, 15) is 4.79 Å². The molecule has 2 aromatic rings. The van der Waals surface area contributed by atoms with Crippen LogP contribution < -0.4 is 0 Å². The quantitative estimate of drug-likeness (QED) is 0.929. The number of hydrogen-bond donors (Lipinski definition) is 1. The maximum atomic E-state index is 11.9. The van der Waals surface area contributed by atoms with Gasteiger partial charge in [-0.15, -0.1) is 0 Å². The monoisotopic (exact) mass is 273 g/mol. The molecule has 0 bridgehead atoms. The number of piperidine rings is 1. The molecule has 1 amide bonds. The summed E-state index contributed by atoms with van der Waals surface area (Å²) in [5.74, 6) is 0.435. The van der Waals surface area contributed by atoms with Gasteiger partial charge in [-0.25, -0.2) is 4.98 Å². The first-order chi connectivity index (χ1) is 9.78. The van der Waals surface area contributed by atoms with Crippen molar-refractivity contribution in [2.45, 2.75) is 18.8 Å². The molecule has 1 atom stereocenters. The fraction of sp³-hybridized carbons (Fsp3) is 0.467. The Morgan fingerprint density at radius 2 is 2.50 bits per heavy atom. The van der Waals surface area contributed by atoms with Gasteiger partial charge < -0.3 is 14.6 Å². The minimum Gasteiger partial charge on any atom is -0.375 e. The summed E-state index contributed by atoms with van der Waals surface area (Å²) in [5, 5.41) is 1.13. The molecule has 106 valence electrons. The van der Waals surface area contributed by atoms with Crippen LogP contribution in [0, 0.1) is 0 Å². The number of rotatable bonds is 3. The number of pyridine rings is 1. The third-order valence-electron chi connectivity index (χ3n) is 3.89. The molecule has 2 aromatic heterocycles. The number of carbonyl (C=O) groups is 1. The van der Waals surface area contributed by atoms with E-state index in [0.717, 1.165) is 37.0 Å². The number of ether oxygens (including phenoxy) is 1. The van der Waals surface area contributed by atoms with Crippen molar-refractivity contribution in [3.8, 4) is 0 Å². The first kappa shape index (κ1) is 13.1. The maximum Gasteiger partial charge on any atom is 0.248 e. The van der Waals surface area contributed by atoms with Crippen molar-refractivity contribution >= 4 is 16.9 Å². The van der Waals surface area contributed by atoms with Crippen LogP contribution in [0.4, 0.5) is 0 Å². The number of fused-ring (bicyclic) bond motifs is 1. The Morgan fingerprint density at radius 1 is 1.60 bits per heavy atom. The molecule has 5 heteroatoms. The Balaban J connectivity index is 1.77. The number of methoxy groups -OCH3 is 1. The van der Waals surface area contributed by atoms with E-state index >= 15 is 0 Å². The summed E-state index contributed by atoms with van der Waals surface area (Å²) in [6.07, 6.45) is 3.92. The molecule has 0 spiro atoms. The Morgan fingerprint density at radius 3 is 3.30 bits per heavy atom. The van der Waals surface area contributed by atoms with Crippen LogP contribution in [0.15, 0.2) is 24.4 Å². The van der Waals surface area contributed by atoms with Gasteiger partial charge in [0.2, 0.25) is 5.91 Å². The summed E-state index contributed by atoms with van der Waals surface area (Å²) in [6, 6.07) is 6.14. The first-order valence-corrected chi connectivity index (χ1v) is 6.98. The highest BCUT2D eigenvalue weighted by Crippen LogP contribution is 2.28. The van der Waals surface area contributed by atoms with Crippen LogP contribution in [-0.4, -0.2) is 47.6 Å². The molecule has 3 heterocycles. The van der Waals surface area contributed by atoms with Crippen LogP contribution in [0.25, 0.3) is 11.0 Å². The van der Waals surface area contributed by atoms with Gasteiger partial charge in [-0.05, 0) is 31.0 Å². The molecule has 0 aromatic carbocycles. The van der Waals surface area contributed by atoms with Crippen LogP contribution in [-0.2, 0) is 9.53 Å². The molecule has 0 radical (unpaired) electrons. The van der Waals surface area contributed by atoms with Gasteiger partial charge in [0.25, 0.3) is 0 Å². The van der Waals surface area contributed by atoms with E-state index in [1.807, 2.05) is 11.0 Å². The van der Waals surface area contributed by atoms with Gasteiger partial charge >= 0.3 is 0 Å². The second kappa shape index (κ2) is 5.63. The fourth-order valence-corrected chi connectivity index (χ4v) is 2.87. The zero-order valence-corrected chi connectivity index (χ0v) is 11.6. The summed E-state index contributed by atoms with van der Waals surface area (Å²) < 4.78 is 4.94. The lowest BCUT2D eigenvalue weighted by atomic mass is 9.95. The third kappa shape index (κ3) is 2.54. The van der Waals surface area contributed by atoms with Crippen LogP contribution >= 0.6 is 0 Å². The van der Waals surface area contributed by atoms with Crippen LogP contribution in [0.5, 0.6) is 0 Å². The topological polar surface area (TPSA) is 58.2 Å². The molecular weight excluding hydrogens is 254 g/mol. The van der Waals surface area contributed by atoms with Crippen LogP contribution in [0.3, 0.4) is 0 Å². The van der Waals surface area contributed by atoms with E-state index in [0.29, 0.717) is 5.92 Å². The molecule has 1 unspecified atom stereocenters. The number of nitrogens with one attached hydrogen (secondary N) is 1. The lowest BCUT2D eigenvalue weighted by Gasteiger charge is -2.32. The second-order valence-corrected chi connectivity index (χ2v) is 5.28. The van der Waals surface area contributed by atoms with E-state index < -0.39 is 0 Å². The molecule has 1 N–H and O–H groups in total. The number of aromatic amines is 1. The molecule has 1 fully saturated rings. The van der Waals surface area contributed by atoms with E-state index in [1.165, 1.54) is 5.69 Å². The number of nitrogens with zero attached hydrogens (tertiary/aromatic N) is 2. The van der Waals surface area contributed by atoms with Crippen molar-refractivity contribution in [1.29, 1.82) is 0 Å². The van der Waals surface area contributed by atoms with Crippen molar-refractivity contribution in [3.05, 3.63) is 30.1 Å². The summed E-state index contributed by atoms with van der Waals surface area (Å²) in [5.41, 5.74) is 2.09. The average Bonchev–Trinajstić information content (AvgIpc) is 2.91. The van der Waals surface area contributed by atoms with Crippen molar-refractivity contribution < 1.29 is 9.53 Å². The number of aromatic nitrogens is 2. The Hall–Kier alpha value is -1.88. The highest BCUT2D eigenvalue weighted by atomic mass is 16.5. The predicted molar refractivity (Wildman–Crippen MR) is 76.5 cm³/mol. The third-order valence-corrected chi connectivity index (χ3v) is 3.89. The number of likely N-dealkylation sites (tertiary alicyclic amines) is 1. The van der Waals surface area contributed by atoms with Gasteiger partial charge in [0.15, 0.2) is 0 Å². The van der Waals surface area contributed by atoms with Gasteiger partial charge in [0.05, 0.1) is 0 Å². The smallest absolute Gasteiger partial charge is 0.248 e. The normalized spacial score (nSPS) is 19.4. The summed E-state index contributed by atoms with van der Waals surface area (Å²) in [4.78, 5) is 21.5.